The van der Waals surface area contributed by atoms with Crippen LogP contribution in [0.25, 0.3) is 11.5 Å². The van der Waals surface area contributed by atoms with Gasteiger partial charge in [0.15, 0.2) is 17.3 Å². The van der Waals surface area contributed by atoms with Crippen LogP contribution in [0, 0.1) is 0 Å². The molecule has 0 amide bonds. The molecule has 1 fully saturated rings. The first kappa shape index (κ1) is 18.4. The molecule has 6 heteroatoms. The van der Waals surface area contributed by atoms with Crippen LogP contribution in [0.5, 0.6) is 11.5 Å². The Bertz CT molecular complexity index is 916. The van der Waals surface area contributed by atoms with Crippen LogP contribution < -0.4 is 9.47 Å². The molecule has 3 aromatic rings. The van der Waals surface area contributed by atoms with Gasteiger partial charge in [-0.3, -0.25) is 9.88 Å². The van der Waals surface area contributed by atoms with Gasteiger partial charge in [0.2, 0.25) is 0 Å². The number of aromatic nitrogens is 3. The average Bonchev–Trinajstić information content (AvgIpc) is 3.22. The summed E-state index contributed by atoms with van der Waals surface area (Å²) in [7, 11) is 3.38. The number of hydrogen-bond donors (Lipinski definition) is 0. The Morgan fingerprint density at radius 1 is 1.00 bits per heavy atom. The maximum atomic E-state index is 5.62. The highest BCUT2D eigenvalue weighted by molar-refractivity contribution is 5.49. The minimum Gasteiger partial charge on any atom is -0.493 e. The highest BCUT2D eigenvalue weighted by Gasteiger charge is 2.27. The molecule has 2 aromatic heterocycles. The first-order valence-electron chi connectivity index (χ1n) is 9.44. The summed E-state index contributed by atoms with van der Waals surface area (Å²) >= 11 is 0. The predicted octanol–water partition coefficient (Wildman–Crippen LogP) is 3.55. The van der Waals surface area contributed by atoms with E-state index in [2.05, 4.69) is 25.9 Å². The second kappa shape index (κ2) is 8.35. The van der Waals surface area contributed by atoms with Crippen molar-refractivity contribution in [2.24, 2.45) is 0 Å². The molecule has 0 spiro atoms. The maximum absolute atomic E-state index is 5.62. The Kier molecular flexibility index (Phi) is 5.48. The first-order chi connectivity index (χ1) is 13.8. The van der Waals surface area contributed by atoms with Crippen molar-refractivity contribution < 1.29 is 9.47 Å². The highest BCUT2D eigenvalue weighted by Crippen LogP contribution is 2.39. The van der Waals surface area contributed by atoms with Gasteiger partial charge in [-0.15, -0.1) is 0 Å². The minimum atomic E-state index is 0.429. The number of pyridine rings is 1. The largest absolute Gasteiger partial charge is 0.493 e. The fraction of sp³-hybridized carbons (Fsp3) is 0.318. The molecule has 1 aliphatic heterocycles. The van der Waals surface area contributed by atoms with Crippen molar-refractivity contribution in [2.45, 2.75) is 18.9 Å². The van der Waals surface area contributed by atoms with Crippen LogP contribution in [-0.2, 0) is 6.54 Å². The van der Waals surface area contributed by atoms with E-state index in [1.807, 2.05) is 42.7 Å². The molecule has 3 heterocycles. The number of rotatable bonds is 6. The minimum absolute atomic E-state index is 0.429. The molecule has 6 nitrogen and oxygen atoms in total. The number of methoxy groups -OCH3 is 2. The van der Waals surface area contributed by atoms with Gasteiger partial charge in [0, 0.05) is 48.7 Å². The van der Waals surface area contributed by atoms with E-state index >= 15 is 0 Å². The number of nitrogens with zero attached hydrogens (tertiary/aromatic N) is 4. The number of hydrogen-bond acceptors (Lipinski definition) is 6. The molecule has 0 unspecified atom stereocenters. The van der Waals surface area contributed by atoms with E-state index in [1.165, 1.54) is 5.56 Å². The van der Waals surface area contributed by atoms with Crippen molar-refractivity contribution in [1.29, 1.82) is 0 Å². The number of likely N-dealkylation sites (tertiary alicyclic amines) is 1. The molecular formula is C22H24N4O2. The summed E-state index contributed by atoms with van der Waals surface area (Å²) < 4.78 is 11.1. The monoisotopic (exact) mass is 376 g/mol. The Morgan fingerprint density at radius 3 is 2.57 bits per heavy atom. The van der Waals surface area contributed by atoms with E-state index in [0.717, 1.165) is 48.8 Å². The topological polar surface area (TPSA) is 60.4 Å². The van der Waals surface area contributed by atoms with Gasteiger partial charge in [-0.25, -0.2) is 9.97 Å². The van der Waals surface area contributed by atoms with Crippen LogP contribution in [0.1, 0.15) is 23.5 Å². The average molecular weight is 376 g/mol. The number of ether oxygens (including phenoxy) is 2. The highest BCUT2D eigenvalue weighted by atomic mass is 16.5. The Hall–Kier alpha value is -2.99. The van der Waals surface area contributed by atoms with Gasteiger partial charge in [0.25, 0.3) is 0 Å². The van der Waals surface area contributed by atoms with E-state index in [0.29, 0.717) is 11.7 Å². The van der Waals surface area contributed by atoms with Crippen LogP contribution in [0.2, 0.25) is 0 Å². The summed E-state index contributed by atoms with van der Waals surface area (Å²) in [6.07, 6.45) is 6.65. The van der Waals surface area contributed by atoms with Crippen molar-refractivity contribution in [1.82, 2.24) is 19.9 Å². The van der Waals surface area contributed by atoms with Gasteiger partial charge in [0.1, 0.15) is 5.69 Å². The second-order valence-corrected chi connectivity index (χ2v) is 6.93. The van der Waals surface area contributed by atoms with Crippen molar-refractivity contribution in [3.63, 3.8) is 0 Å². The van der Waals surface area contributed by atoms with Gasteiger partial charge < -0.3 is 9.47 Å². The van der Waals surface area contributed by atoms with Crippen LogP contribution in [-0.4, -0.2) is 47.2 Å². The normalized spacial score (nSPS) is 16.9. The van der Waals surface area contributed by atoms with E-state index in [-0.39, 0.29) is 0 Å². The molecule has 0 bridgehead atoms. The standard InChI is InChI=1S/C22H24N4O2/c1-27-20-8-5-6-18(21(20)28-2)17-9-11-26(15-17)14-16-12-24-22(25-13-16)19-7-3-4-10-23-19/h3-8,10,12-13,17H,9,11,14-15H2,1-2H3/t17-/m0/s1. The first-order valence-corrected chi connectivity index (χ1v) is 9.44. The van der Waals surface area contributed by atoms with Crippen LogP contribution in [0.4, 0.5) is 0 Å². The zero-order valence-corrected chi connectivity index (χ0v) is 16.2. The van der Waals surface area contributed by atoms with Crippen molar-refractivity contribution >= 4 is 0 Å². The Balaban J connectivity index is 1.43. The summed E-state index contributed by atoms with van der Waals surface area (Å²) in [5, 5.41) is 0. The molecule has 1 aromatic carbocycles. The number of benzene rings is 1. The lowest BCUT2D eigenvalue weighted by Crippen LogP contribution is -2.20. The molecule has 4 rings (SSSR count). The smallest absolute Gasteiger partial charge is 0.178 e. The van der Waals surface area contributed by atoms with Crippen molar-refractivity contribution in [3.8, 4) is 23.0 Å². The maximum Gasteiger partial charge on any atom is 0.178 e. The van der Waals surface area contributed by atoms with Crippen LogP contribution in [0.3, 0.4) is 0 Å². The fourth-order valence-corrected chi connectivity index (χ4v) is 3.79. The van der Waals surface area contributed by atoms with Crippen molar-refractivity contribution in [3.05, 3.63) is 66.1 Å². The molecule has 1 atom stereocenters. The molecular weight excluding hydrogens is 352 g/mol. The molecule has 144 valence electrons. The third kappa shape index (κ3) is 3.82. The van der Waals surface area contributed by atoms with Crippen LogP contribution >= 0.6 is 0 Å². The second-order valence-electron chi connectivity index (χ2n) is 6.93. The Morgan fingerprint density at radius 2 is 1.86 bits per heavy atom. The molecule has 0 N–H and O–H groups in total. The fourth-order valence-electron chi connectivity index (χ4n) is 3.79. The SMILES string of the molecule is COc1cccc([C@H]2CCN(Cc3cnc(-c4ccccn4)nc3)C2)c1OC. The van der Waals surface area contributed by atoms with Crippen LogP contribution in [0.15, 0.2) is 55.0 Å². The summed E-state index contributed by atoms with van der Waals surface area (Å²) in [4.78, 5) is 15.7. The van der Waals surface area contributed by atoms with Gasteiger partial charge in [-0.1, -0.05) is 18.2 Å². The zero-order valence-electron chi connectivity index (χ0n) is 16.2. The Labute approximate surface area is 165 Å². The summed E-state index contributed by atoms with van der Waals surface area (Å²) in [6.45, 7) is 2.85. The predicted molar refractivity (Wildman–Crippen MR) is 107 cm³/mol. The van der Waals surface area contributed by atoms with E-state index < -0.39 is 0 Å². The van der Waals surface area contributed by atoms with Gasteiger partial charge in [-0.05, 0) is 31.2 Å². The van der Waals surface area contributed by atoms with E-state index in [1.54, 1.807) is 20.4 Å². The van der Waals surface area contributed by atoms with Gasteiger partial charge in [-0.2, -0.15) is 0 Å². The molecule has 0 saturated carbocycles. The molecule has 1 aliphatic rings. The molecule has 0 aliphatic carbocycles. The lowest BCUT2D eigenvalue weighted by atomic mass is 9.97. The summed E-state index contributed by atoms with van der Waals surface area (Å²) in [5.74, 6) is 2.72. The molecule has 1 saturated heterocycles. The van der Waals surface area contributed by atoms with E-state index in [9.17, 15) is 0 Å². The van der Waals surface area contributed by atoms with E-state index in [4.69, 9.17) is 9.47 Å². The lowest BCUT2D eigenvalue weighted by molar-refractivity contribution is 0.322. The third-order valence-corrected chi connectivity index (χ3v) is 5.15. The summed E-state index contributed by atoms with van der Waals surface area (Å²) in [5.41, 5.74) is 3.12. The molecule has 0 radical (unpaired) electrons. The third-order valence-electron chi connectivity index (χ3n) is 5.15. The zero-order chi connectivity index (χ0) is 19.3. The lowest BCUT2D eigenvalue weighted by Gasteiger charge is -2.18. The van der Waals surface area contributed by atoms with Crippen molar-refractivity contribution in [2.75, 3.05) is 27.3 Å². The van der Waals surface area contributed by atoms with Gasteiger partial charge >= 0.3 is 0 Å². The number of para-hydroxylation sites is 1. The van der Waals surface area contributed by atoms with Gasteiger partial charge in [0.05, 0.1) is 14.2 Å². The summed E-state index contributed by atoms with van der Waals surface area (Å²) in [6, 6.07) is 11.9. The quantitative estimate of drug-likeness (QED) is 0.656. The molecule has 28 heavy (non-hydrogen) atoms.